The number of hydrogen-bond acceptors (Lipinski definition) is 3. The standard InChI is InChI=1S/C11H11N3O2/c1-7-6-10(15)13-11(16)14(7)9-5-3-2-4-8(9)12/h2-6H,12H2,1H3,(H,13,15,16). The van der Waals surface area contributed by atoms with Crippen molar-refractivity contribution < 1.29 is 0 Å². The molecule has 1 heterocycles. The van der Waals surface area contributed by atoms with E-state index in [1.165, 1.54) is 10.6 Å². The second-order valence-electron chi connectivity index (χ2n) is 3.47. The van der Waals surface area contributed by atoms with Crippen LogP contribution in [0.4, 0.5) is 5.69 Å². The molecule has 2 rings (SSSR count). The van der Waals surface area contributed by atoms with Crippen LogP contribution in [0.5, 0.6) is 0 Å². The van der Waals surface area contributed by atoms with Crippen LogP contribution in [0.2, 0.25) is 0 Å². The lowest BCUT2D eigenvalue weighted by molar-refractivity contribution is 0.858. The quantitative estimate of drug-likeness (QED) is 0.679. The Morgan fingerprint density at radius 1 is 1.25 bits per heavy atom. The smallest absolute Gasteiger partial charge is 0.333 e. The van der Waals surface area contributed by atoms with Crippen LogP contribution in [0.25, 0.3) is 5.69 Å². The zero-order chi connectivity index (χ0) is 11.7. The highest BCUT2D eigenvalue weighted by Gasteiger charge is 2.06. The van der Waals surface area contributed by atoms with E-state index in [4.69, 9.17) is 5.73 Å². The first kappa shape index (κ1) is 10.2. The number of nitrogens with two attached hydrogens (primary N) is 1. The predicted octanol–water partition coefficient (Wildman–Crippen LogP) is 0.416. The van der Waals surface area contributed by atoms with Gasteiger partial charge < -0.3 is 5.73 Å². The molecule has 0 saturated heterocycles. The Labute approximate surface area is 91.2 Å². The fourth-order valence-electron chi connectivity index (χ4n) is 1.60. The van der Waals surface area contributed by atoms with Crippen LogP contribution in [0.3, 0.4) is 0 Å². The molecule has 0 aliphatic heterocycles. The Morgan fingerprint density at radius 3 is 2.56 bits per heavy atom. The molecule has 0 atom stereocenters. The van der Waals surface area contributed by atoms with Gasteiger partial charge >= 0.3 is 5.69 Å². The van der Waals surface area contributed by atoms with Crippen LogP contribution >= 0.6 is 0 Å². The normalized spacial score (nSPS) is 10.3. The van der Waals surface area contributed by atoms with Crippen molar-refractivity contribution in [1.29, 1.82) is 0 Å². The number of hydrogen-bond donors (Lipinski definition) is 2. The number of benzene rings is 1. The van der Waals surface area contributed by atoms with E-state index in [0.717, 1.165) is 0 Å². The summed E-state index contributed by atoms with van der Waals surface area (Å²) in [7, 11) is 0. The van der Waals surface area contributed by atoms with Crippen LogP contribution in [0, 0.1) is 6.92 Å². The second kappa shape index (κ2) is 3.69. The first-order chi connectivity index (χ1) is 7.59. The minimum atomic E-state index is -0.483. The highest BCUT2D eigenvalue weighted by Crippen LogP contribution is 2.14. The summed E-state index contributed by atoms with van der Waals surface area (Å²) < 4.78 is 1.37. The van der Waals surface area contributed by atoms with Crippen LogP contribution in [0.1, 0.15) is 5.69 Å². The van der Waals surface area contributed by atoms with E-state index in [2.05, 4.69) is 4.98 Å². The van der Waals surface area contributed by atoms with Crippen molar-refractivity contribution in [2.75, 3.05) is 5.73 Å². The Hall–Kier alpha value is -2.30. The van der Waals surface area contributed by atoms with Gasteiger partial charge in [0.1, 0.15) is 0 Å². The number of aryl methyl sites for hydroxylation is 1. The lowest BCUT2D eigenvalue weighted by atomic mass is 10.2. The summed E-state index contributed by atoms with van der Waals surface area (Å²) in [6, 6.07) is 8.34. The highest BCUT2D eigenvalue weighted by molar-refractivity contribution is 5.57. The molecule has 0 aliphatic carbocycles. The van der Waals surface area contributed by atoms with Gasteiger partial charge in [-0.05, 0) is 19.1 Å². The van der Waals surface area contributed by atoms with Gasteiger partial charge in [0.2, 0.25) is 0 Å². The number of aromatic amines is 1. The number of nitrogens with zero attached hydrogens (tertiary/aromatic N) is 1. The summed E-state index contributed by atoms with van der Waals surface area (Å²) in [5.41, 5.74) is 6.49. The molecule has 1 aromatic carbocycles. The van der Waals surface area contributed by atoms with Crippen LogP contribution < -0.4 is 17.0 Å². The SMILES string of the molecule is Cc1cc(=O)[nH]c(=O)n1-c1ccccc1N. The third-order valence-electron chi connectivity index (χ3n) is 2.30. The van der Waals surface area contributed by atoms with Gasteiger partial charge in [-0.3, -0.25) is 14.3 Å². The minimum Gasteiger partial charge on any atom is -0.397 e. The van der Waals surface area contributed by atoms with Crippen molar-refractivity contribution in [2.45, 2.75) is 6.92 Å². The van der Waals surface area contributed by atoms with Crippen molar-refractivity contribution in [2.24, 2.45) is 0 Å². The van der Waals surface area contributed by atoms with Gasteiger partial charge in [-0.1, -0.05) is 12.1 Å². The van der Waals surface area contributed by atoms with E-state index >= 15 is 0 Å². The molecular weight excluding hydrogens is 206 g/mol. The van der Waals surface area contributed by atoms with Gasteiger partial charge in [0, 0.05) is 11.8 Å². The maximum absolute atomic E-state index is 11.7. The summed E-state index contributed by atoms with van der Waals surface area (Å²) in [4.78, 5) is 24.9. The summed E-state index contributed by atoms with van der Waals surface area (Å²) in [5, 5.41) is 0. The summed E-state index contributed by atoms with van der Waals surface area (Å²) in [6.45, 7) is 1.68. The summed E-state index contributed by atoms with van der Waals surface area (Å²) in [6.07, 6.45) is 0. The number of H-pyrrole nitrogens is 1. The van der Waals surface area contributed by atoms with E-state index < -0.39 is 11.2 Å². The maximum Gasteiger partial charge on any atom is 0.333 e. The molecular formula is C11H11N3O2. The van der Waals surface area contributed by atoms with Crippen molar-refractivity contribution >= 4 is 5.69 Å². The molecule has 0 amide bonds. The Kier molecular flexibility index (Phi) is 2.36. The molecule has 82 valence electrons. The van der Waals surface area contributed by atoms with Gasteiger partial charge in [-0.2, -0.15) is 0 Å². The lowest BCUT2D eigenvalue weighted by Crippen LogP contribution is -2.30. The topological polar surface area (TPSA) is 80.9 Å². The van der Waals surface area contributed by atoms with Gasteiger partial charge in [0.05, 0.1) is 11.4 Å². The fourth-order valence-corrected chi connectivity index (χ4v) is 1.60. The lowest BCUT2D eigenvalue weighted by Gasteiger charge is -2.10. The van der Waals surface area contributed by atoms with Crippen molar-refractivity contribution in [3.63, 3.8) is 0 Å². The second-order valence-corrected chi connectivity index (χ2v) is 3.47. The van der Waals surface area contributed by atoms with Gasteiger partial charge in [-0.15, -0.1) is 0 Å². The predicted molar refractivity (Wildman–Crippen MR) is 61.8 cm³/mol. The molecule has 3 N–H and O–H groups in total. The Balaban J connectivity index is 2.80. The minimum absolute atomic E-state index is 0.409. The fraction of sp³-hybridized carbons (Fsp3) is 0.0909. The Morgan fingerprint density at radius 2 is 1.94 bits per heavy atom. The third-order valence-corrected chi connectivity index (χ3v) is 2.30. The number of rotatable bonds is 1. The molecule has 0 unspecified atom stereocenters. The molecule has 0 fully saturated rings. The monoisotopic (exact) mass is 217 g/mol. The van der Waals surface area contributed by atoms with Crippen molar-refractivity contribution in [3.8, 4) is 5.69 Å². The average Bonchev–Trinajstić information content (AvgIpc) is 2.19. The van der Waals surface area contributed by atoms with E-state index in [1.54, 1.807) is 31.2 Å². The third kappa shape index (κ3) is 1.63. The van der Waals surface area contributed by atoms with Crippen molar-refractivity contribution in [3.05, 3.63) is 56.9 Å². The maximum atomic E-state index is 11.7. The Bertz CT molecular complexity index is 640. The van der Waals surface area contributed by atoms with E-state index in [1.807, 2.05) is 0 Å². The number of aromatic nitrogens is 2. The van der Waals surface area contributed by atoms with E-state index in [9.17, 15) is 9.59 Å². The van der Waals surface area contributed by atoms with Crippen molar-refractivity contribution in [1.82, 2.24) is 9.55 Å². The van der Waals surface area contributed by atoms with Gasteiger partial charge in [0.25, 0.3) is 5.56 Å². The molecule has 2 aromatic rings. The first-order valence-corrected chi connectivity index (χ1v) is 4.77. The number of para-hydroxylation sites is 2. The number of nitrogens with one attached hydrogen (secondary N) is 1. The number of nitrogen functional groups attached to an aromatic ring is 1. The largest absolute Gasteiger partial charge is 0.397 e. The zero-order valence-corrected chi connectivity index (χ0v) is 8.73. The van der Waals surface area contributed by atoms with Gasteiger partial charge in [-0.25, -0.2) is 4.79 Å². The molecule has 0 spiro atoms. The summed E-state index contributed by atoms with van der Waals surface area (Å²) >= 11 is 0. The highest BCUT2D eigenvalue weighted by atomic mass is 16.2. The molecule has 16 heavy (non-hydrogen) atoms. The zero-order valence-electron chi connectivity index (χ0n) is 8.73. The van der Waals surface area contributed by atoms with Crippen LogP contribution in [-0.4, -0.2) is 9.55 Å². The van der Waals surface area contributed by atoms with Crippen LogP contribution in [0.15, 0.2) is 39.9 Å². The first-order valence-electron chi connectivity index (χ1n) is 4.77. The molecule has 0 saturated carbocycles. The molecule has 0 aliphatic rings. The van der Waals surface area contributed by atoms with Crippen LogP contribution in [-0.2, 0) is 0 Å². The molecule has 0 radical (unpaired) electrons. The molecule has 0 bridgehead atoms. The molecule has 1 aromatic heterocycles. The van der Waals surface area contributed by atoms with E-state index in [-0.39, 0.29) is 0 Å². The molecule has 5 nitrogen and oxygen atoms in total. The van der Waals surface area contributed by atoms with E-state index in [0.29, 0.717) is 17.1 Å². The number of anilines is 1. The van der Waals surface area contributed by atoms with Gasteiger partial charge in [0.15, 0.2) is 0 Å². The summed E-state index contributed by atoms with van der Waals surface area (Å²) in [5.74, 6) is 0. The molecule has 5 heteroatoms. The average molecular weight is 217 g/mol.